The highest BCUT2D eigenvalue weighted by atomic mass is 35.5. The van der Waals surface area contributed by atoms with Gasteiger partial charge in [-0.1, -0.05) is 30.9 Å². The zero-order valence-corrected chi connectivity index (χ0v) is 13.3. The molecule has 0 radical (unpaired) electrons. The van der Waals surface area contributed by atoms with Gasteiger partial charge in [-0.05, 0) is 31.2 Å². The molecule has 1 aliphatic rings. The molecule has 2 rings (SSSR count). The van der Waals surface area contributed by atoms with Gasteiger partial charge in [0.1, 0.15) is 0 Å². The number of nitrogens with two attached hydrogens (primary N) is 1. The molecule has 0 spiro atoms. The molecule has 1 aromatic heterocycles. The van der Waals surface area contributed by atoms with E-state index >= 15 is 0 Å². The molecule has 5 heteroatoms. The van der Waals surface area contributed by atoms with Gasteiger partial charge in [0.05, 0.1) is 5.02 Å². The summed E-state index contributed by atoms with van der Waals surface area (Å²) in [6.07, 6.45) is 7.52. The van der Waals surface area contributed by atoms with Crippen molar-refractivity contribution in [1.82, 2.24) is 5.32 Å². The third kappa shape index (κ3) is 4.76. The number of thiophene rings is 1. The molecule has 0 saturated heterocycles. The summed E-state index contributed by atoms with van der Waals surface area (Å²) in [6, 6.07) is 2.08. The normalized spacial score (nSPS) is 17.9. The Balaban J connectivity index is 1.76. The van der Waals surface area contributed by atoms with Crippen molar-refractivity contribution in [3.05, 3.63) is 21.3 Å². The summed E-state index contributed by atoms with van der Waals surface area (Å²) in [7, 11) is 0. The van der Waals surface area contributed by atoms with Crippen molar-refractivity contribution in [2.45, 2.75) is 51.0 Å². The van der Waals surface area contributed by atoms with E-state index < -0.39 is 0 Å². The molecule has 1 aromatic rings. The Morgan fingerprint density at radius 1 is 1.45 bits per heavy atom. The molecule has 1 amide bonds. The van der Waals surface area contributed by atoms with Crippen molar-refractivity contribution in [2.75, 3.05) is 6.54 Å². The van der Waals surface area contributed by atoms with Gasteiger partial charge in [0.25, 0.3) is 0 Å². The highest BCUT2D eigenvalue weighted by molar-refractivity contribution is 7.10. The first-order valence-corrected chi connectivity index (χ1v) is 8.67. The number of hydrogen-bond donors (Lipinski definition) is 2. The smallest absolute Gasteiger partial charge is 0.220 e. The molecule has 1 unspecified atom stereocenters. The van der Waals surface area contributed by atoms with Crippen molar-refractivity contribution < 1.29 is 4.79 Å². The highest BCUT2D eigenvalue weighted by Crippen LogP contribution is 2.26. The molecule has 1 atom stereocenters. The lowest BCUT2D eigenvalue weighted by Crippen LogP contribution is -2.45. The highest BCUT2D eigenvalue weighted by Gasteiger charge is 2.23. The Bertz CT molecular complexity index is 429. The molecule has 0 aliphatic heterocycles. The van der Waals surface area contributed by atoms with E-state index in [0.717, 1.165) is 16.3 Å². The van der Waals surface area contributed by atoms with E-state index in [0.29, 0.717) is 18.9 Å². The maximum Gasteiger partial charge on any atom is 0.220 e. The van der Waals surface area contributed by atoms with E-state index in [9.17, 15) is 4.79 Å². The Labute approximate surface area is 129 Å². The Hall–Kier alpha value is -0.580. The first kappa shape index (κ1) is 15.8. The van der Waals surface area contributed by atoms with Gasteiger partial charge in [0.15, 0.2) is 0 Å². The van der Waals surface area contributed by atoms with E-state index in [1.54, 1.807) is 11.3 Å². The number of halogens is 1. The molecule has 1 heterocycles. The van der Waals surface area contributed by atoms with Crippen LogP contribution in [0.15, 0.2) is 11.4 Å². The van der Waals surface area contributed by atoms with Gasteiger partial charge in [-0.25, -0.2) is 0 Å². The first-order valence-electron chi connectivity index (χ1n) is 7.41. The van der Waals surface area contributed by atoms with Crippen LogP contribution in [0.5, 0.6) is 0 Å². The second-order valence-corrected chi connectivity index (χ2v) is 6.97. The second kappa shape index (κ2) is 8.01. The van der Waals surface area contributed by atoms with Gasteiger partial charge < -0.3 is 11.1 Å². The number of rotatable bonds is 6. The third-order valence-electron chi connectivity index (χ3n) is 4.04. The third-order valence-corrected chi connectivity index (χ3v) is 5.38. The van der Waals surface area contributed by atoms with Crippen LogP contribution in [0.2, 0.25) is 5.02 Å². The van der Waals surface area contributed by atoms with Crippen LogP contribution in [-0.4, -0.2) is 18.5 Å². The van der Waals surface area contributed by atoms with Gasteiger partial charge in [-0.15, -0.1) is 11.3 Å². The van der Waals surface area contributed by atoms with Crippen LogP contribution in [0.25, 0.3) is 0 Å². The van der Waals surface area contributed by atoms with Gasteiger partial charge in [0, 0.05) is 29.3 Å². The van der Waals surface area contributed by atoms with Crippen LogP contribution in [-0.2, 0) is 11.2 Å². The quantitative estimate of drug-likeness (QED) is 0.846. The van der Waals surface area contributed by atoms with Crippen LogP contribution < -0.4 is 11.1 Å². The summed E-state index contributed by atoms with van der Waals surface area (Å²) in [4.78, 5) is 13.2. The lowest BCUT2D eigenvalue weighted by atomic mass is 9.84. The molecule has 3 nitrogen and oxygen atoms in total. The van der Waals surface area contributed by atoms with E-state index in [4.69, 9.17) is 17.3 Å². The first-order chi connectivity index (χ1) is 9.69. The average Bonchev–Trinajstić information content (AvgIpc) is 2.89. The van der Waals surface area contributed by atoms with Gasteiger partial charge >= 0.3 is 0 Å². The maximum atomic E-state index is 12.0. The van der Waals surface area contributed by atoms with Gasteiger partial charge in [-0.3, -0.25) is 4.79 Å². The molecular weight excluding hydrogens is 292 g/mol. The Morgan fingerprint density at radius 2 is 2.20 bits per heavy atom. The SMILES string of the molecule is NCC(NC(=O)CCc1cc(Cl)cs1)C1CCCCC1. The van der Waals surface area contributed by atoms with Crippen LogP contribution in [0.3, 0.4) is 0 Å². The zero-order chi connectivity index (χ0) is 14.4. The summed E-state index contributed by atoms with van der Waals surface area (Å²) in [5, 5.41) is 5.78. The number of amides is 1. The fourth-order valence-corrected chi connectivity index (χ4v) is 3.98. The van der Waals surface area contributed by atoms with Crippen LogP contribution in [0.4, 0.5) is 0 Å². The second-order valence-electron chi connectivity index (χ2n) is 5.54. The van der Waals surface area contributed by atoms with E-state index in [-0.39, 0.29) is 11.9 Å². The monoisotopic (exact) mass is 314 g/mol. The molecular formula is C15H23ClN2OS. The minimum Gasteiger partial charge on any atom is -0.352 e. The number of aryl methyl sites for hydroxylation is 1. The van der Waals surface area contributed by atoms with Crippen molar-refractivity contribution in [3.8, 4) is 0 Å². The van der Waals surface area contributed by atoms with Gasteiger partial charge in [0.2, 0.25) is 5.91 Å². The van der Waals surface area contributed by atoms with Crippen molar-refractivity contribution in [1.29, 1.82) is 0 Å². The largest absolute Gasteiger partial charge is 0.352 e. The number of carbonyl (C=O) groups is 1. The zero-order valence-electron chi connectivity index (χ0n) is 11.7. The van der Waals surface area contributed by atoms with Crippen LogP contribution >= 0.6 is 22.9 Å². The molecule has 1 saturated carbocycles. The molecule has 3 N–H and O–H groups in total. The lowest BCUT2D eigenvalue weighted by Gasteiger charge is -2.30. The predicted octanol–water partition coefficient (Wildman–Crippen LogP) is 3.36. The topological polar surface area (TPSA) is 55.1 Å². The molecule has 0 aromatic carbocycles. The summed E-state index contributed by atoms with van der Waals surface area (Å²) in [5.74, 6) is 0.671. The van der Waals surface area contributed by atoms with E-state index in [2.05, 4.69) is 5.32 Å². The van der Waals surface area contributed by atoms with E-state index in [1.807, 2.05) is 11.4 Å². The number of carbonyl (C=O) groups excluding carboxylic acids is 1. The summed E-state index contributed by atoms with van der Waals surface area (Å²) in [5.41, 5.74) is 5.83. The minimum absolute atomic E-state index is 0.107. The lowest BCUT2D eigenvalue weighted by molar-refractivity contribution is -0.122. The Kier molecular flexibility index (Phi) is 6.33. The minimum atomic E-state index is 0.107. The predicted molar refractivity (Wildman–Crippen MR) is 85.2 cm³/mol. The molecule has 1 fully saturated rings. The average molecular weight is 315 g/mol. The Morgan fingerprint density at radius 3 is 2.80 bits per heavy atom. The van der Waals surface area contributed by atoms with Gasteiger partial charge in [-0.2, -0.15) is 0 Å². The molecule has 20 heavy (non-hydrogen) atoms. The van der Waals surface area contributed by atoms with E-state index in [1.165, 1.54) is 32.1 Å². The van der Waals surface area contributed by atoms with Crippen molar-refractivity contribution in [3.63, 3.8) is 0 Å². The molecule has 0 bridgehead atoms. The standard InChI is InChI=1S/C15H23ClN2OS/c16-12-8-13(20-10-12)6-7-15(19)18-14(9-17)11-4-2-1-3-5-11/h8,10-11,14H,1-7,9,17H2,(H,18,19). The fourth-order valence-electron chi connectivity index (χ4n) is 2.91. The summed E-state index contributed by atoms with van der Waals surface area (Å²) < 4.78 is 0. The summed E-state index contributed by atoms with van der Waals surface area (Å²) in [6.45, 7) is 0.543. The van der Waals surface area contributed by atoms with Crippen molar-refractivity contribution >= 4 is 28.8 Å². The van der Waals surface area contributed by atoms with Crippen LogP contribution in [0.1, 0.15) is 43.4 Å². The maximum absolute atomic E-state index is 12.0. The van der Waals surface area contributed by atoms with Crippen molar-refractivity contribution in [2.24, 2.45) is 11.7 Å². The fraction of sp³-hybridized carbons (Fsp3) is 0.667. The van der Waals surface area contributed by atoms with Crippen LogP contribution in [0, 0.1) is 5.92 Å². The molecule has 112 valence electrons. The molecule has 1 aliphatic carbocycles. The number of nitrogens with one attached hydrogen (secondary N) is 1. The number of hydrogen-bond acceptors (Lipinski definition) is 3. The summed E-state index contributed by atoms with van der Waals surface area (Å²) >= 11 is 7.48.